The van der Waals surface area contributed by atoms with Gasteiger partial charge in [-0.3, -0.25) is 10.1 Å². The Hall–Kier alpha value is -2.37. The van der Waals surface area contributed by atoms with E-state index in [1.165, 1.54) is 0 Å². The number of nitrogens with one attached hydrogen (secondary N) is 1. The molecule has 2 aromatic rings. The van der Waals surface area contributed by atoms with Gasteiger partial charge in [0.1, 0.15) is 11.9 Å². The van der Waals surface area contributed by atoms with Crippen LogP contribution in [0, 0.1) is 5.92 Å². The van der Waals surface area contributed by atoms with Crippen molar-refractivity contribution in [3.63, 3.8) is 0 Å². The maximum atomic E-state index is 13.3. The highest BCUT2D eigenvalue weighted by molar-refractivity contribution is 6.30. The molecule has 0 unspecified atom stereocenters. The Morgan fingerprint density at radius 1 is 1.08 bits per heavy atom. The maximum absolute atomic E-state index is 13.3. The van der Waals surface area contributed by atoms with Gasteiger partial charge >= 0.3 is 5.97 Å². The number of halogens is 1. The minimum absolute atomic E-state index is 0.0131. The Bertz CT molecular complexity index is 912. The molecule has 2 fully saturated rings. The van der Waals surface area contributed by atoms with Crippen molar-refractivity contribution in [2.45, 2.75) is 24.1 Å². The van der Waals surface area contributed by atoms with E-state index >= 15 is 0 Å². The highest BCUT2D eigenvalue weighted by Crippen LogP contribution is 2.49. The number of hydrogen-bond donors (Lipinski definition) is 1. The predicted octanol–water partition coefficient (Wildman–Crippen LogP) is 2.93. The molecule has 0 aromatic heterocycles. The van der Waals surface area contributed by atoms with Gasteiger partial charge in [0.05, 0.1) is 18.1 Å². The van der Waals surface area contributed by atoms with E-state index in [-0.39, 0.29) is 17.8 Å². The molecule has 0 bridgehead atoms. The zero-order chi connectivity index (χ0) is 17.9. The number of ether oxygens (including phenoxy) is 2. The third-order valence-electron chi connectivity index (χ3n) is 5.62. The monoisotopic (exact) mass is 369 g/mol. The molecule has 132 valence electrons. The molecule has 4 atom stereocenters. The summed E-state index contributed by atoms with van der Waals surface area (Å²) in [6, 6.07) is 14.2. The van der Waals surface area contributed by atoms with E-state index in [2.05, 4.69) is 5.32 Å². The van der Waals surface area contributed by atoms with Gasteiger partial charge in [0.15, 0.2) is 11.3 Å². The van der Waals surface area contributed by atoms with Crippen LogP contribution in [0.1, 0.15) is 28.4 Å². The van der Waals surface area contributed by atoms with Crippen LogP contribution in [0.5, 0.6) is 5.75 Å². The molecule has 6 heteroatoms. The standard InChI is InChI=1S/C20H16ClNO4/c21-12-7-5-11(6-8-12)16-15-17(23)13-3-1-2-4-14(13)26-18(15)20(22-16)9-10-25-19(20)24/h1-8,15-16,18,22H,9-10H2/t15-,16+,18+,20+/m1/s1. The van der Waals surface area contributed by atoms with Crippen molar-refractivity contribution < 1.29 is 19.1 Å². The van der Waals surface area contributed by atoms with Gasteiger partial charge in [-0.15, -0.1) is 0 Å². The fraction of sp³-hybridized carbons (Fsp3) is 0.300. The van der Waals surface area contributed by atoms with Crippen molar-refractivity contribution in [2.24, 2.45) is 5.92 Å². The van der Waals surface area contributed by atoms with Crippen LogP contribution in [-0.2, 0) is 9.53 Å². The van der Waals surface area contributed by atoms with Crippen LogP contribution >= 0.6 is 11.6 Å². The molecule has 0 saturated carbocycles. The second-order valence-corrected chi connectivity index (χ2v) is 7.39. The first-order chi connectivity index (χ1) is 12.6. The lowest BCUT2D eigenvalue weighted by Crippen LogP contribution is -2.56. The van der Waals surface area contributed by atoms with Crippen molar-refractivity contribution in [3.8, 4) is 5.75 Å². The number of para-hydroxylation sites is 1. The van der Waals surface area contributed by atoms with Crippen molar-refractivity contribution in [3.05, 3.63) is 64.7 Å². The van der Waals surface area contributed by atoms with Crippen LogP contribution in [0.2, 0.25) is 5.02 Å². The van der Waals surface area contributed by atoms with Gasteiger partial charge in [-0.2, -0.15) is 0 Å². The summed E-state index contributed by atoms with van der Waals surface area (Å²) in [5, 5.41) is 4.02. The number of fused-ring (bicyclic) bond motifs is 3. The molecule has 5 nitrogen and oxygen atoms in total. The minimum atomic E-state index is -1.00. The first-order valence-corrected chi connectivity index (χ1v) is 8.98. The summed E-state index contributed by atoms with van der Waals surface area (Å²) in [7, 11) is 0. The Balaban J connectivity index is 1.65. The van der Waals surface area contributed by atoms with Gasteiger partial charge in [0.25, 0.3) is 0 Å². The molecule has 0 amide bonds. The Morgan fingerprint density at radius 2 is 1.85 bits per heavy atom. The summed E-state index contributed by atoms with van der Waals surface area (Å²) >= 11 is 6.01. The summed E-state index contributed by atoms with van der Waals surface area (Å²) in [4.78, 5) is 25.9. The molecule has 0 radical (unpaired) electrons. The van der Waals surface area contributed by atoms with Crippen molar-refractivity contribution in [1.82, 2.24) is 5.32 Å². The number of esters is 1. The van der Waals surface area contributed by atoms with Crippen molar-refractivity contribution in [1.29, 1.82) is 0 Å². The lowest BCUT2D eigenvalue weighted by atomic mass is 9.79. The number of carbonyl (C=O) groups excluding carboxylic acids is 2. The third kappa shape index (κ3) is 2.07. The van der Waals surface area contributed by atoms with E-state index in [9.17, 15) is 9.59 Å². The number of cyclic esters (lactones) is 1. The van der Waals surface area contributed by atoms with Crippen molar-refractivity contribution in [2.75, 3.05) is 6.61 Å². The average molecular weight is 370 g/mol. The molecule has 1 N–H and O–H groups in total. The quantitative estimate of drug-likeness (QED) is 0.783. The SMILES string of the molecule is O=C1c2ccccc2O[C@H]2[C@@H]1[C@H](c1ccc(Cl)cc1)N[C@@]21CCOC1=O. The van der Waals surface area contributed by atoms with Gasteiger partial charge in [-0.05, 0) is 29.8 Å². The van der Waals surface area contributed by atoms with E-state index in [0.29, 0.717) is 29.4 Å². The number of carbonyl (C=O) groups is 2. The maximum Gasteiger partial charge on any atom is 0.330 e. The molecule has 3 aliphatic heterocycles. The summed E-state index contributed by atoms with van der Waals surface area (Å²) in [5.74, 6) is -0.342. The highest BCUT2D eigenvalue weighted by atomic mass is 35.5. The van der Waals surface area contributed by atoms with Crippen LogP contribution in [0.15, 0.2) is 48.5 Å². The Morgan fingerprint density at radius 3 is 2.58 bits per heavy atom. The molecule has 3 aliphatic rings. The molecule has 0 aliphatic carbocycles. The van der Waals surface area contributed by atoms with Crippen molar-refractivity contribution >= 4 is 23.4 Å². The van der Waals surface area contributed by atoms with Crippen LogP contribution < -0.4 is 10.1 Å². The topological polar surface area (TPSA) is 64.6 Å². The number of hydrogen-bond acceptors (Lipinski definition) is 5. The summed E-state index contributed by atoms with van der Waals surface area (Å²) < 4.78 is 11.5. The van der Waals surface area contributed by atoms with Crippen LogP contribution in [0.3, 0.4) is 0 Å². The number of benzene rings is 2. The Kier molecular flexibility index (Phi) is 3.39. The average Bonchev–Trinajstić information content (AvgIpc) is 3.18. The van der Waals surface area contributed by atoms with E-state index in [0.717, 1.165) is 5.56 Å². The normalized spacial score (nSPS) is 32.1. The van der Waals surface area contributed by atoms with Gasteiger partial charge in [-0.1, -0.05) is 35.9 Å². The van der Waals surface area contributed by atoms with Crippen LogP contribution in [-0.4, -0.2) is 30.0 Å². The fourth-order valence-electron chi connectivity index (χ4n) is 4.37. The molecule has 1 spiro atoms. The lowest BCUT2D eigenvalue weighted by Gasteiger charge is -2.34. The van der Waals surface area contributed by atoms with Gasteiger partial charge in [-0.25, -0.2) is 4.79 Å². The highest BCUT2D eigenvalue weighted by Gasteiger charge is 2.65. The molecular formula is C20H16ClNO4. The number of rotatable bonds is 1. The number of Topliss-reactive ketones (excluding diaryl/α,β-unsaturated/α-hetero) is 1. The van der Waals surface area contributed by atoms with E-state index in [4.69, 9.17) is 21.1 Å². The van der Waals surface area contributed by atoms with Gasteiger partial charge < -0.3 is 9.47 Å². The summed E-state index contributed by atoms with van der Waals surface area (Å²) in [5.41, 5.74) is 0.452. The molecule has 2 saturated heterocycles. The summed E-state index contributed by atoms with van der Waals surface area (Å²) in [6.07, 6.45) is -0.118. The molecular weight excluding hydrogens is 354 g/mol. The van der Waals surface area contributed by atoms with E-state index in [1.807, 2.05) is 24.3 Å². The Labute approximate surface area is 155 Å². The smallest absolute Gasteiger partial charge is 0.330 e. The lowest BCUT2D eigenvalue weighted by molar-refractivity contribution is -0.145. The van der Waals surface area contributed by atoms with E-state index in [1.54, 1.807) is 24.3 Å². The van der Waals surface area contributed by atoms with E-state index < -0.39 is 17.6 Å². The largest absolute Gasteiger partial charge is 0.486 e. The molecule has 2 aromatic carbocycles. The van der Waals surface area contributed by atoms with Gasteiger partial charge in [0.2, 0.25) is 0 Å². The fourth-order valence-corrected chi connectivity index (χ4v) is 4.49. The second kappa shape index (κ2) is 5.56. The first-order valence-electron chi connectivity index (χ1n) is 8.60. The van der Waals surface area contributed by atoms with Crippen LogP contribution in [0.25, 0.3) is 0 Å². The molecule has 3 heterocycles. The third-order valence-corrected chi connectivity index (χ3v) is 5.87. The minimum Gasteiger partial charge on any atom is -0.486 e. The second-order valence-electron chi connectivity index (χ2n) is 6.96. The predicted molar refractivity (Wildman–Crippen MR) is 94.3 cm³/mol. The zero-order valence-corrected chi connectivity index (χ0v) is 14.5. The van der Waals surface area contributed by atoms with Gasteiger partial charge in [0, 0.05) is 17.5 Å². The summed E-state index contributed by atoms with van der Waals surface area (Å²) in [6.45, 7) is 0.321. The molecule has 5 rings (SSSR count). The van der Waals surface area contributed by atoms with Crippen LogP contribution in [0.4, 0.5) is 0 Å². The zero-order valence-electron chi connectivity index (χ0n) is 13.8. The molecule has 26 heavy (non-hydrogen) atoms. The number of ketones is 1. The first kappa shape index (κ1) is 15.9.